The Kier molecular flexibility index (Phi) is 6.81. The van der Waals surface area contributed by atoms with Gasteiger partial charge in [0.25, 0.3) is 0 Å². The maximum absolute atomic E-state index is 4.19. The van der Waals surface area contributed by atoms with E-state index < -0.39 is 0 Å². The second kappa shape index (κ2) is 8.28. The highest BCUT2D eigenvalue weighted by atomic mass is 32.2. The molecule has 0 bridgehead atoms. The van der Waals surface area contributed by atoms with Crippen molar-refractivity contribution in [3.8, 4) is 0 Å². The summed E-state index contributed by atoms with van der Waals surface area (Å²) in [6, 6.07) is 2.10. The summed E-state index contributed by atoms with van der Waals surface area (Å²) in [5.41, 5.74) is 2.18. The molecule has 3 nitrogen and oxygen atoms in total. The summed E-state index contributed by atoms with van der Waals surface area (Å²) in [7, 11) is 0. The van der Waals surface area contributed by atoms with Gasteiger partial charge in [-0.2, -0.15) is 11.8 Å². The van der Waals surface area contributed by atoms with Crippen LogP contribution in [0.2, 0.25) is 0 Å². The van der Waals surface area contributed by atoms with Crippen LogP contribution in [0.3, 0.4) is 0 Å². The maximum atomic E-state index is 4.19. The molecule has 0 aromatic carbocycles. The lowest BCUT2D eigenvalue weighted by Gasteiger charge is -2.08. The molecule has 1 heterocycles. The van der Waals surface area contributed by atoms with Crippen LogP contribution < -0.4 is 10.6 Å². The third-order valence-electron chi connectivity index (χ3n) is 2.22. The average molecular weight is 239 g/mol. The Hall–Kier alpha value is -0.900. The Morgan fingerprint density at radius 3 is 2.62 bits per heavy atom. The number of nitrogens with one attached hydrogen (secondary N) is 2. The Morgan fingerprint density at radius 1 is 1.19 bits per heavy atom. The van der Waals surface area contributed by atoms with Crippen LogP contribution in [0.25, 0.3) is 0 Å². The van der Waals surface area contributed by atoms with Crippen molar-refractivity contribution in [2.75, 3.05) is 35.7 Å². The molecule has 0 atom stereocenters. The van der Waals surface area contributed by atoms with Crippen molar-refractivity contribution in [1.82, 2.24) is 4.98 Å². The molecule has 0 aliphatic carbocycles. The average Bonchev–Trinajstić information content (AvgIpc) is 2.30. The second-order valence-corrected chi connectivity index (χ2v) is 4.60. The molecule has 0 aliphatic heterocycles. The number of aromatic nitrogens is 1. The summed E-state index contributed by atoms with van der Waals surface area (Å²) in [5.74, 6) is 1.25. The normalized spacial score (nSPS) is 10.1. The molecule has 1 aromatic rings. The van der Waals surface area contributed by atoms with Crippen molar-refractivity contribution < 1.29 is 0 Å². The SMILES string of the molecule is CCNc1cncc(NCCCCSC)c1. The lowest BCUT2D eigenvalue weighted by molar-refractivity contribution is 0.843. The van der Waals surface area contributed by atoms with Gasteiger partial charge in [-0.15, -0.1) is 0 Å². The highest BCUT2D eigenvalue weighted by molar-refractivity contribution is 7.98. The summed E-state index contributed by atoms with van der Waals surface area (Å²) in [4.78, 5) is 4.19. The predicted octanol–water partition coefficient (Wildman–Crippen LogP) is 3.07. The zero-order chi connectivity index (χ0) is 11.6. The molecule has 2 N–H and O–H groups in total. The van der Waals surface area contributed by atoms with Crippen LogP contribution in [-0.2, 0) is 0 Å². The number of anilines is 2. The van der Waals surface area contributed by atoms with E-state index in [4.69, 9.17) is 0 Å². The van der Waals surface area contributed by atoms with Crippen LogP contribution in [0.15, 0.2) is 18.5 Å². The molecule has 0 unspecified atom stereocenters. The molecule has 0 radical (unpaired) electrons. The number of unbranched alkanes of at least 4 members (excludes halogenated alkanes) is 1. The second-order valence-electron chi connectivity index (χ2n) is 3.62. The molecular formula is C12H21N3S. The van der Waals surface area contributed by atoms with Gasteiger partial charge in [-0.05, 0) is 37.8 Å². The molecule has 1 rings (SSSR count). The topological polar surface area (TPSA) is 37.0 Å². The largest absolute Gasteiger partial charge is 0.384 e. The first kappa shape index (κ1) is 13.2. The van der Waals surface area contributed by atoms with Gasteiger partial charge in [0.05, 0.1) is 23.8 Å². The highest BCUT2D eigenvalue weighted by Crippen LogP contribution is 2.12. The van der Waals surface area contributed by atoms with E-state index in [-0.39, 0.29) is 0 Å². The number of nitrogens with zero attached hydrogens (tertiary/aromatic N) is 1. The van der Waals surface area contributed by atoms with E-state index in [0.29, 0.717) is 0 Å². The summed E-state index contributed by atoms with van der Waals surface area (Å²) in [6.45, 7) is 4.04. The van der Waals surface area contributed by atoms with E-state index in [1.165, 1.54) is 18.6 Å². The van der Waals surface area contributed by atoms with Crippen molar-refractivity contribution in [3.05, 3.63) is 18.5 Å². The summed E-state index contributed by atoms with van der Waals surface area (Å²) in [6.07, 6.45) is 8.36. The third-order valence-corrected chi connectivity index (χ3v) is 2.92. The first-order valence-corrected chi connectivity index (χ1v) is 7.18. The molecule has 0 saturated heterocycles. The zero-order valence-corrected chi connectivity index (χ0v) is 10.9. The molecule has 0 amide bonds. The minimum atomic E-state index is 0.929. The number of thioether (sulfide) groups is 1. The molecule has 1 aromatic heterocycles. The first-order chi connectivity index (χ1) is 7.86. The van der Waals surface area contributed by atoms with Gasteiger partial charge in [-0.3, -0.25) is 4.98 Å². The first-order valence-electron chi connectivity index (χ1n) is 5.78. The van der Waals surface area contributed by atoms with Crippen LogP contribution >= 0.6 is 11.8 Å². The smallest absolute Gasteiger partial charge is 0.0547 e. The Balaban J connectivity index is 2.27. The fraction of sp³-hybridized carbons (Fsp3) is 0.583. The molecule has 0 fully saturated rings. The molecule has 16 heavy (non-hydrogen) atoms. The van der Waals surface area contributed by atoms with Gasteiger partial charge in [-0.1, -0.05) is 0 Å². The molecule has 0 spiro atoms. The molecular weight excluding hydrogens is 218 g/mol. The quantitative estimate of drug-likeness (QED) is 0.684. The van der Waals surface area contributed by atoms with Crippen LogP contribution in [0.5, 0.6) is 0 Å². The van der Waals surface area contributed by atoms with E-state index in [9.17, 15) is 0 Å². The van der Waals surface area contributed by atoms with Gasteiger partial charge in [0.15, 0.2) is 0 Å². The van der Waals surface area contributed by atoms with Crippen LogP contribution in [0.1, 0.15) is 19.8 Å². The van der Waals surface area contributed by atoms with E-state index in [1.54, 1.807) is 0 Å². The molecule has 0 aliphatic rings. The van der Waals surface area contributed by atoms with Gasteiger partial charge < -0.3 is 10.6 Å². The molecule has 0 saturated carbocycles. The maximum Gasteiger partial charge on any atom is 0.0547 e. The number of hydrogen-bond donors (Lipinski definition) is 2. The summed E-state index contributed by atoms with van der Waals surface area (Å²) in [5, 5.41) is 6.64. The van der Waals surface area contributed by atoms with Crippen molar-refractivity contribution in [2.24, 2.45) is 0 Å². The summed E-state index contributed by atoms with van der Waals surface area (Å²) < 4.78 is 0. The summed E-state index contributed by atoms with van der Waals surface area (Å²) >= 11 is 1.91. The molecule has 4 heteroatoms. The zero-order valence-electron chi connectivity index (χ0n) is 10.1. The van der Waals surface area contributed by atoms with Gasteiger partial charge >= 0.3 is 0 Å². The lowest BCUT2D eigenvalue weighted by Crippen LogP contribution is -2.03. The number of rotatable bonds is 8. The van der Waals surface area contributed by atoms with Gasteiger partial charge in [0, 0.05) is 13.1 Å². The van der Waals surface area contributed by atoms with Crippen LogP contribution in [-0.4, -0.2) is 30.1 Å². The van der Waals surface area contributed by atoms with Crippen molar-refractivity contribution in [1.29, 1.82) is 0 Å². The lowest BCUT2D eigenvalue weighted by atomic mass is 10.3. The van der Waals surface area contributed by atoms with E-state index in [2.05, 4.69) is 34.9 Å². The predicted molar refractivity (Wildman–Crippen MR) is 74.5 cm³/mol. The van der Waals surface area contributed by atoms with Gasteiger partial charge in [0.1, 0.15) is 0 Å². The number of hydrogen-bond acceptors (Lipinski definition) is 4. The van der Waals surface area contributed by atoms with Crippen molar-refractivity contribution in [3.63, 3.8) is 0 Å². The highest BCUT2D eigenvalue weighted by Gasteiger charge is 1.95. The standard InChI is InChI=1S/C12H21N3S/c1-3-14-11-8-12(10-13-9-11)15-6-4-5-7-16-2/h8-10,14-15H,3-7H2,1-2H3. The van der Waals surface area contributed by atoms with E-state index in [0.717, 1.165) is 24.5 Å². The van der Waals surface area contributed by atoms with E-state index >= 15 is 0 Å². The van der Waals surface area contributed by atoms with E-state index in [1.807, 2.05) is 24.2 Å². The fourth-order valence-corrected chi connectivity index (χ4v) is 1.93. The third kappa shape index (κ3) is 5.26. The minimum absolute atomic E-state index is 0.929. The molecule has 90 valence electrons. The Labute approximate surface area is 102 Å². The van der Waals surface area contributed by atoms with Gasteiger partial charge in [-0.25, -0.2) is 0 Å². The Morgan fingerprint density at radius 2 is 1.94 bits per heavy atom. The minimum Gasteiger partial charge on any atom is -0.384 e. The van der Waals surface area contributed by atoms with Crippen LogP contribution in [0, 0.1) is 0 Å². The van der Waals surface area contributed by atoms with Crippen LogP contribution in [0.4, 0.5) is 11.4 Å². The Bertz CT molecular complexity index is 291. The van der Waals surface area contributed by atoms with Gasteiger partial charge in [0.2, 0.25) is 0 Å². The van der Waals surface area contributed by atoms with Crippen molar-refractivity contribution >= 4 is 23.1 Å². The monoisotopic (exact) mass is 239 g/mol. The fourth-order valence-electron chi connectivity index (χ4n) is 1.44. The van der Waals surface area contributed by atoms with Crippen molar-refractivity contribution in [2.45, 2.75) is 19.8 Å². The number of pyridine rings is 1.